The van der Waals surface area contributed by atoms with Crippen molar-refractivity contribution in [2.45, 2.75) is 31.6 Å². The molecule has 1 saturated heterocycles. The second-order valence-corrected chi connectivity index (χ2v) is 8.63. The number of benzene rings is 1. The molecule has 3 rings (SSSR count). The molecule has 1 aliphatic rings. The van der Waals surface area contributed by atoms with Gasteiger partial charge in [0.1, 0.15) is 4.90 Å². The van der Waals surface area contributed by atoms with Crippen LogP contribution < -0.4 is 0 Å². The minimum Gasteiger partial charge on any atom is -0.267 e. The highest BCUT2D eigenvalue weighted by molar-refractivity contribution is 9.10. The van der Waals surface area contributed by atoms with Gasteiger partial charge in [-0.05, 0) is 51.0 Å². The lowest BCUT2D eigenvalue weighted by Gasteiger charge is -2.15. The summed E-state index contributed by atoms with van der Waals surface area (Å²) in [6, 6.07) is 6.89. The molecule has 128 valence electrons. The quantitative estimate of drug-likeness (QED) is 0.777. The van der Waals surface area contributed by atoms with Crippen LogP contribution in [0.25, 0.3) is 0 Å². The van der Waals surface area contributed by atoms with Crippen molar-refractivity contribution >= 4 is 31.9 Å². The van der Waals surface area contributed by atoms with E-state index >= 15 is 0 Å². The molecule has 1 fully saturated rings. The van der Waals surface area contributed by atoms with Gasteiger partial charge >= 0.3 is 0 Å². The minimum absolute atomic E-state index is 0.148. The van der Waals surface area contributed by atoms with Crippen molar-refractivity contribution in [1.29, 1.82) is 0 Å². The molecule has 0 spiro atoms. The lowest BCUT2D eigenvalue weighted by molar-refractivity contribution is 0.0942. The molecule has 1 aromatic heterocycles. The zero-order valence-corrected chi connectivity index (χ0v) is 15.9. The summed E-state index contributed by atoms with van der Waals surface area (Å²) in [7, 11) is -3.61. The lowest BCUT2D eigenvalue weighted by atomic mass is 10.2. The summed E-state index contributed by atoms with van der Waals surface area (Å²) in [4.78, 5) is 12.8. The van der Waals surface area contributed by atoms with Gasteiger partial charge in [0.05, 0.1) is 11.4 Å². The SMILES string of the molecule is Cc1nn(C(=O)c2ccc(Br)cc2)c(C)c1S(=O)(=O)N1CCCC1. The van der Waals surface area contributed by atoms with Crippen LogP contribution in [-0.2, 0) is 10.0 Å². The van der Waals surface area contributed by atoms with Crippen molar-refractivity contribution in [3.05, 3.63) is 45.7 Å². The number of aryl methyl sites for hydroxylation is 1. The molecule has 0 atom stereocenters. The topological polar surface area (TPSA) is 72.3 Å². The van der Waals surface area contributed by atoms with Crippen molar-refractivity contribution in [2.24, 2.45) is 0 Å². The third-order valence-electron chi connectivity index (χ3n) is 4.17. The van der Waals surface area contributed by atoms with Gasteiger partial charge in [-0.1, -0.05) is 15.9 Å². The Morgan fingerprint density at radius 2 is 1.71 bits per heavy atom. The first-order valence-corrected chi connectivity index (χ1v) is 9.92. The molecule has 0 amide bonds. The Morgan fingerprint density at radius 1 is 1.12 bits per heavy atom. The van der Waals surface area contributed by atoms with Crippen LogP contribution in [0.2, 0.25) is 0 Å². The molecule has 0 saturated carbocycles. The predicted molar refractivity (Wildman–Crippen MR) is 93.6 cm³/mol. The Balaban J connectivity index is 2.03. The van der Waals surface area contributed by atoms with E-state index in [-0.39, 0.29) is 10.8 Å². The number of nitrogens with zero attached hydrogens (tertiary/aromatic N) is 3. The molecule has 0 unspecified atom stereocenters. The fourth-order valence-electron chi connectivity index (χ4n) is 2.97. The summed E-state index contributed by atoms with van der Waals surface area (Å²) < 4.78 is 29.2. The maximum Gasteiger partial charge on any atom is 0.278 e. The third-order valence-corrected chi connectivity index (χ3v) is 6.85. The van der Waals surface area contributed by atoms with Crippen molar-refractivity contribution in [3.63, 3.8) is 0 Å². The largest absolute Gasteiger partial charge is 0.278 e. The van der Waals surface area contributed by atoms with E-state index in [4.69, 9.17) is 0 Å². The highest BCUT2D eigenvalue weighted by Crippen LogP contribution is 2.26. The molecule has 0 radical (unpaired) electrons. The highest BCUT2D eigenvalue weighted by Gasteiger charge is 2.33. The van der Waals surface area contributed by atoms with E-state index in [0.29, 0.717) is 30.0 Å². The fraction of sp³-hybridized carbons (Fsp3) is 0.375. The molecular formula is C16H18BrN3O3S. The summed E-state index contributed by atoms with van der Waals surface area (Å²) in [5, 5.41) is 4.20. The maximum absolute atomic E-state index is 12.8. The van der Waals surface area contributed by atoms with Crippen LogP contribution in [0.15, 0.2) is 33.6 Å². The molecular weight excluding hydrogens is 394 g/mol. The van der Waals surface area contributed by atoms with E-state index in [0.717, 1.165) is 17.3 Å². The van der Waals surface area contributed by atoms with Crippen LogP contribution in [0.1, 0.15) is 34.6 Å². The molecule has 8 heteroatoms. The number of hydrogen-bond donors (Lipinski definition) is 0. The first-order valence-electron chi connectivity index (χ1n) is 7.69. The number of aromatic nitrogens is 2. The summed E-state index contributed by atoms with van der Waals surface area (Å²) in [6.07, 6.45) is 1.73. The summed E-state index contributed by atoms with van der Waals surface area (Å²) in [5.41, 5.74) is 1.16. The smallest absolute Gasteiger partial charge is 0.267 e. The Labute approximate surface area is 149 Å². The minimum atomic E-state index is -3.61. The van der Waals surface area contributed by atoms with Gasteiger partial charge in [0.25, 0.3) is 5.91 Å². The predicted octanol–water partition coefficient (Wildman–Crippen LogP) is 2.74. The van der Waals surface area contributed by atoms with Gasteiger partial charge in [-0.25, -0.2) is 8.42 Å². The fourth-order valence-corrected chi connectivity index (χ4v) is 5.11. The second-order valence-electron chi connectivity index (χ2n) is 5.83. The van der Waals surface area contributed by atoms with E-state index < -0.39 is 10.0 Å². The Hall–Kier alpha value is -1.51. The van der Waals surface area contributed by atoms with Gasteiger partial charge in [-0.15, -0.1) is 0 Å². The van der Waals surface area contributed by atoms with Crippen LogP contribution in [0.4, 0.5) is 0 Å². The van der Waals surface area contributed by atoms with Gasteiger partial charge in [0, 0.05) is 23.1 Å². The van der Waals surface area contributed by atoms with Gasteiger partial charge in [0.15, 0.2) is 0 Å². The van der Waals surface area contributed by atoms with Crippen LogP contribution in [0.3, 0.4) is 0 Å². The average molecular weight is 412 g/mol. The molecule has 0 bridgehead atoms. The molecule has 1 aliphatic heterocycles. The van der Waals surface area contributed by atoms with E-state index in [1.165, 1.54) is 8.99 Å². The van der Waals surface area contributed by atoms with Crippen LogP contribution >= 0.6 is 15.9 Å². The van der Waals surface area contributed by atoms with Crippen molar-refractivity contribution in [1.82, 2.24) is 14.1 Å². The summed E-state index contributed by atoms with van der Waals surface area (Å²) in [5.74, 6) is -0.342. The number of halogens is 1. The number of carbonyl (C=O) groups is 1. The molecule has 2 heterocycles. The Kier molecular flexibility index (Phi) is 4.63. The molecule has 0 aliphatic carbocycles. The van der Waals surface area contributed by atoms with Crippen molar-refractivity contribution in [2.75, 3.05) is 13.1 Å². The second kappa shape index (κ2) is 6.42. The number of carbonyl (C=O) groups excluding carboxylic acids is 1. The van der Waals surface area contributed by atoms with Gasteiger partial charge in [-0.3, -0.25) is 4.79 Å². The molecule has 24 heavy (non-hydrogen) atoms. The van der Waals surface area contributed by atoms with E-state index in [1.807, 2.05) is 0 Å². The Morgan fingerprint density at radius 3 is 2.29 bits per heavy atom. The normalized spacial score (nSPS) is 15.8. The Bertz CT molecular complexity index is 882. The van der Waals surface area contributed by atoms with E-state index in [9.17, 15) is 13.2 Å². The number of sulfonamides is 1. The molecule has 2 aromatic rings. The third kappa shape index (κ3) is 2.94. The van der Waals surface area contributed by atoms with Crippen LogP contribution in [0, 0.1) is 13.8 Å². The van der Waals surface area contributed by atoms with Gasteiger partial charge < -0.3 is 0 Å². The summed E-state index contributed by atoms with van der Waals surface area (Å²) >= 11 is 3.33. The maximum atomic E-state index is 12.8. The standard InChI is InChI=1S/C16H18BrN3O3S/c1-11-15(24(22,23)19-9-3-4-10-19)12(2)20(18-11)16(21)13-5-7-14(17)8-6-13/h5-8H,3-4,9-10H2,1-2H3. The van der Waals surface area contributed by atoms with Gasteiger partial charge in [-0.2, -0.15) is 14.1 Å². The van der Waals surface area contributed by atoms with Crippen molar-refractivity contribution in [3.8, 4) is 0 Å². The first-order chi connectivity index (χ1) is 11.3. The van der Waals surface area contributed by atoms with E-state index in [2.05, 4.69) is 21.0 Å². The zero-order chi connectivity index (χ0) is 17.5. The average Bonchev–Trinajstić information content (AvgIpc) is 3.16. The van der Waals surface area contributed by atoms with Crippen molar-refractivity contribution < 1.29 is 13.2 Å². The zero-order valence-electron chi connectivity index (χ0n) is 13.5. The lowest BCUT2D eigenvalue weighted by Crippen LogP contribution is -2.29. The number of hydrogen-bond acceptors (Lipinski definition) is 4. The highest BCUT2D eigenvalue weighted by atomic mass is 79.9. The number of rotatable bonds is 3. The monoisotopic (exact) mass is 411 g/mol. The summed E-state index contributed by atoms with van der Waals surface area (Å²) in [6.45, 7) is 4.29. The van der Waals surface area contributed by atoms with Crippen LogP contribution in [0.5, 0.6) is 0 Å². The van der Waals surface area contributed by atoms with E-state index in [1.54, 1.807) is 38.1 Å². The molecule has 0 N–H and O–H groups in total. The van der Waals surface area contributed by atoms with Crippen LogP contribution in [-0.4, -0.2) is 41.5 Å². The molecule has 6 nitrogen and oxygen atoms in total. The van der Waals surface area contributed by atoms with Gasteiger partial charge in [0.2, 0.25) is 10.0 Å². The first kappa shape index (κ1) is 17.3. The molecule has 1 aromatic carbocycles.